The van der Waals surface area contributed by atoms with Crippen LogP contribution in [0.25, 0.3) is 0 Å². The molecule has 0 fully saturated rings. The molecular weight excluding hydrogens is 271 g/mol. The zero-order valence-corrected chi connectivity index (χ0v) is 13.8. The second-order valence-corrected chi connectivity index (χ2v) is 8.58. The summed E-state index contributed by atoms with van der Waals surface area (Å²) in [5.41, 5.74) is 1.37. The third-order valence-corrected chi connectivity index (χ3v) is 6.44. The van der Waals surface area contributed by atoms with Crippen LogP contribution < -0.4 is 0 Å². The molecule has 0 saturated heterocycles. The van der Waals surface area contributed by atoms with Gasteiger partial charge < -0.3 is 0 Å². The van der Waals surface area contributed by atoms with E-state index in [1.807, 2.05) is 42.3 Å². The monoisotopic (exact) mass is 293 g/mol. The minimum absolute atomic E-state index is 0.623. The van der Waals surface area contributed by atoms with E-state index < -0.39 is 7.87 Å². The number of hydrogen-bond acceptors (Lipinski definition) is 6. The zero-order chi connectivity index (χ0) is 15.3. The standard InChI is InChI=1S/C13H22N6P/c1-17(2)20(18(3)4,19(5)6)16-15-13-9-7-12(11-14)8-10-13/h7-10H,1-6H3/q+1. The van der Waals surface area contributed by atoms with E-state index in [1.54, 1.807) is 24.3 Å². The average molecular weight is 293 g/mol. The van der Waals surface area contributed by atoms with Gasteiger partial charge in [0.2, 0.25) is 0 Å². The minimum Gasteiger partial charge on any atom is -0.192 e. The first-order chi connectivity index (χ1) is 9.34. The predicted molar refractivity (Wildman–Crippen MR) is 83.7 cm³/mol. The average Bonchev–Trinajstić information content (AvgIpc) is 2.38. The molecule has 1 aromatic carbocycles. The molecule has 0 spiro atoms. The fraction of sp³-hybridized carbons (Fsp3) is 0.462. The third-order valence-electron chi connectivity index (χ3n) is 2.89. The Morgan fingerprint density at radius 2 is 1.35 bits per heavy atom. The highest BCUT2D eigenvalue weighted by Crippen LogP contribution is 2.65. The molecule has 0 aliphatic carbocycles. The second-order valence-electron chi connectivity index (χ2n) is 4.93. The molecule has 1 rings (SSSR count). The second kappa shape index (κ2) is 6.87. The van der Waals surface area contributed by atoms with Crippen molar-refractivity contribution in [2.45, 2.75) is 0 Å². The SMILES string of the molecule is CN(C)[P+](N=Nc1ccc(C#N)cc1)(N(C)C)N(C)C. The molecule has 6 nitrogen and oxygen atoms in total. The van der Waals surface area contributed by atoms with Crippen molar-refractivity contribution in [2.75, 3.05) is 42.3 Å². The Hall–Kier alpha value is -1.38. The molecule has 108 valence electrons. The third kappa shape index (κ3) is 3.38. The summed E-state index contributed by atoms with van der Waals surface area (Å²) >= 11 is 0. The summed E-state index contributed by atoms with van der Waals surface area (Å²) in [6.45, 7) is 0. The van der Waals surface area contributed by atoms with E-state index in [0.717, 1.165) is 5.69 Å². The van der Waals surface area contributed by atoms with Gasteiger partial charge in [-0.25, -0.2) is 0 Å². The Balaban J connectivity index is 3.11. The molecule has 0 N–H and O–H groups in total. The maximum absolute atomic E-state index is 8.79. The van der Waals surface area contributed by atoms with Crippen LogP contribution in [0.2, 0.25) is 0 Å². The molecule has 1 aromatic rings. The predicted octanol–water partition coefficient (Wildman–Crippen LogP) is 3.00. The summed E-state index contributed by atoms with van der Waals surface area (Å²) in [6.07, 6.45) is 0. The Bertz CT molecular complexity index is 479. The van der Waals surface area contributed by atoms with E-state index in [0.29, 0.717) is 5.56 Å². The summed E-state index contributed by atoms with van der Waals surface area (Å²) in [4.78, 5) is 4.61. The van der Waals surface area contributed by atoms with Gasteiger partial charge >= 0.3 is 7.87 Å². The Kier molecular flexibility index (Phi) is 5.73. The van der Waals surface area contributed by atoms with Crippen LogP contribution >= 0.6 is 7.87 Å². The lowest BCUT2D eigenvalue weighted by Gasteiger charge is -2.33. The zero-order valence-electron chi connectivity index (χ0n) is 12.9. The lowest BCUT2D eigenvalue weighted by molar-refractivity contribution is 0.457. The van der Waals surface area contributed by atoms with Gasteiger partial charge in [0.25, 0.3) is 0 Å². The highest BCUT2D eigenvalue weighted by molar-refractivity contribution is 7.67. The Labute approximate surface area is 121 Å². The van der Waals surface area contributed by atoms with Crippen LogP contribution in [0, 0.1) is 11.3 Å². The molecule has 0 bridgehead atoms. The molecule has 0 aliphatic heterocycles. The van der Waals surface area contributed by atoms with Crippen molar-refractivity contribution in [1.29, 1.82) is 5.26 Å². The van der Waals surface area contributed by atoms with Crippen molar-refractivity contribution in [3.05, 3.63) is 29.8 Å². The lowest BCUT2D eigenvalue weighted by Crippen LogP contribution is -2.34. The van der Waals surface area contributed by atoms with Gasteiger partial charge in [-0.05, 0) is 24.3 Å². The minimum atomic E-state index is -2.00. The van der Waals surface area contributed by atoms with Crippen LogP contribution in [-0.4, -0.2) is 56.3 Å². The van der Waals surface area contributed by atoms with Crippen LogP contribution in [0.5, 0.6) is 0 Å². The number of nitrogens with zero attached hydrogens (tertiary/aromatic N) is 6. The van der Waals surface area contributed by atoms with Crippen molar-refractivity contribution in [3.63, 3.8) is 0 Å². The molecule has 0 amide bonds. The van der Waals surface area contributed by atoms with Gasteiger partial charge in [0.15, 0.2) is 0 Å². The molecule has 0 unspecified atom stereocenters. The van der Waals surface area contributed by atoms with Crippen molar-refractivity contribution in [2.24, 2.45) is 10.00 Å². The number of hydrogen-bond donors (Lipinski definition) is 0. The summed E-state index contributed by atoms with van der Waals surface area (Å²) in [6, 6.07) is 9.19. The molecule has 0 aliphatic rings. The van der Waals surface area contributed by atoms with Crippen LogP contribution in [0.3, 0.4) is 0 Å². The van der Waals surface area contributed by atoms with E-state index in [9.17, 15) is 0 Å². The van der Waals surface area contributed by atoms with Gasteiger partial charge in [0, 0.05) is 47.2 Å². The molecule has 0 saturated carbocycles. The fourth-order valence-electron chi connectivity index (χ4n) is 2.03. The summed E-state index contributed by atoms with van der Waals surface area (Å²) in [5, 5.41) is 13.1. The number of nitriles is 1. The first kappa shape index (κ1) is 16.7. The van der Waals surface area contributed by atoms with E-state index in [-0.39, 0.29) is 0 Å². The van der Waals surface area contributed by atoms with E-state index >= 15 is 0 Å². The van der Waals surface area contributed by atoms with Crippen LogP contribution in [0.1, 0.15) is 5.56 Å². The van der Waals surface area contributed by atoms with Crippen LogP contribution in [0.4, 0.5) is 5.69 Å². The molecule has 20 heavy (non-hydrogen) atoms. The topological polar surface area (TPSA) is 58.2 Å². The number of benzene rings is 1. The summed E-state index contributed by atoms with van der Waals surface area (Å²) < 4.78 is 6.29. The quantitative estimate of drug-likeness (QED) is 0.618. The summed E-state index contributed by atoms with van der Waals surface area (Å²) in [5.74, 6) is 0. The Morgan fingerprint density at radius 1 is 0.900 bits per heavy atom. The van der Waals surface area contributed by atoms with Gasteiger partial charge in [-0.2, -0.15) is 5.26 Å². The van der Waals surface area contributed by atoms with Crippen molar-refractivity contribution < 1.29 is 0 Å². The maximum Gasteiger partial charge on any atom is 0.377 e. The van der Waals surface area contributed by atoms with Crippen LogP contribution in [-0.2, 0) is 0 Å². The normalized spacial score (nSPS) is 12.6. The van der Waals surface area contributed by atoms with Crippen molar-refractivity contribution >= 4 is 13.6 Å². The largest absolute Gasteiger partial charge is 0.377 e. The van der Waals surface area contributed by atoms with Gasteiger partial charge in [-0.1, -0.05) is 0 Å². The Morgan fingerprint density at radius 3 is 1.70 bits per heavy atom. The van der Waals surface area contributed by atoms with Crippen molar-refractivity contribution in [3.8, 4) is 6.07 Å². The van der Waals surface area contributed by atoms with Gasteiger partial charge in [0.05, 0.1) is 17.3 Å². The number of rotatable bonds is 5. The smallest absolute Gasteiger partial charge is 0.192 e. The molecule has 0 radical (unpaired) electrons. The van der Waals surface area contributed by atoms with Crippen molar-refractivity contribution in [1.82, 2.24) is 14.0 Å². The van der Waals surface area contributed by atoms with E-state index in [2.05, 4.69) is 30.1 Å². The molecule has 0 atom stereocenters. The van der Waals surface area contributed by atoms with Gasteiger partial charge in [0.1, 0.15) is 0 Å². The molecule has 0 heterocycles. The molecule has 0 aromatic heterocycles. The highest BCUT2D eigenvalue weighted by Gasteiger charge is 2.49. The van der Waals surface area contributed by atoms with E-state index in [1.165, 1.54) is 0 Å². The first-order valence-electron chi connectivity index (χ1n) is 6.20. The van der Waals surface area contributed by atoms with Gasteiger partial charge in [-0.3, -0.25) is 0 Å². The van der Waals surface area contributed by atoms with Crippen LogP contribution in [0.15, 0.2) is 34.3 Å². The van der Waals surface area contributed by atoms with Gasteiger partial charge in [-0.15, -0.1) is 19.1 Å². The summed E-state index contributed by atoms with van der Waals surface area (Å²) in [7, 11) is 10.0. The molecule has 7 heteroatoms. The van der Waals surface area contributed by atoms with E-state index in [4.69, 9.17) is 5.26 Å². The highest BCUT2D eigenvalue weighted by atomic mass is 31.2. The lowest BCUT2D eigenvalue weighted by atomic mass is 10.2. The maximum atomic E-state index is 8.79. The fourth-order valence-corrected chi connectivity index (χ4v) is 4.88. The molecular formula is C13H22N6P+. The first-order valence-corrected chi connectivity index (χ1v) is 7.80.